The second kappa shape index (κ2) is 7.95. The fraction of sp³-hybridized carbons (Fsp3) is 0.364. The van der Waals surface area contributed by atoms with E-state index in [4.69, 9.17) is 16.3 Å². The fourth-order valence-corrected chi connectivity index (χ4v) is 4.67. The number of alkyl halides is 3. The van der Waals surface area contributed by atoms with Crippen molar-refractivity contribution in [2.45, 2.75) is 44.0 Å². The van der Waals surface area contributed by atoms with Crippen molar-refractivity contribution in [3.63, 3.8) is 0 Å². The normalized spacial score (nSPS) is 22.8. The Balaban J connectivity index is 1.99. The molecular weight excluding hydrogens is 469 g/mol. The van der Waals surface area contributed by atoms with Gasteiger partial charge in [-0.1, -0.05) is 18.5 Å². The van der Waals surface area contributed by atoms with Crippen molar-refractivity contribution in [1.29, 1.82) is 0 Å². The molecule has 1 unspecified atom stereocenters. The Hall–Kier alpha value is -2.72. The summed E-state index contributed by atoms with van der Waals surface area (Å²) in [5.74, 6) is -2.56. The Morgan fingerprint density at radius 1 is 1.24 bits per heavy atom. The molecule has 3 aromatic rings. The summed E-state index contributed by atoms with van der Waals surface area (Å²) in [6.07, 6.45) is -4.53. The van der Waals surface area contributed by atoms with Crippen LogP contribution < -0.4 is 10.1 Å². The number of anilines is 1. The molecule has 33 heavy (non-hydrogen) atoms. The van der Waals surface area contributed by atoms with Gasteiger partial charge in [0.2, 0.25) is 0 Å². The SMILES string of the molecule is COc1c(F)c(Cl)cc2c1[C@H](C)C[C@](O)(C(F)(F)F)C2Nc1cc(F)cc2nc(C)ncc12. The van der Waals surface area contributed by atoms with Gasteiger partial charge in [-0.15, -0.1) is 0 Å². The number of halogens is 6. The van der Waals surface area contributed by atoms with Crippen molar-refractivity contribution < 1.29 is 31.8 Å². The number of benzene rings is 2. The number of aryl methyl sites for hydroxylation is 1. The summed E-state index contributed by atoms with van der Waals surface area (Å²) in [7, 11) is 1.18. The van der Waals surface area contributed by atoms with Crippen LogP contribution in [0.25, 0.3) is 10.9 Å². The maximum absolute atomic E-state index is 14.6. The average Bonchev–Trinajstić information content (AvgIpc) is 2.71. The van der Waals surface area contributed by atoms with Crippen molar-refractivity contribution >= 4 is 28.2 Å². The Kier molecular flexibility index (Phi) is 5.65. The molecule has 0 spiro atoms. The Morgan fingerprint density at radius 3 is 2.58 bits per heavy atom. The zero-order chi connectivity index (χ0) is 24.3. The molecule has 0 radical (unpaired) electrons. The molecule has 3 atom stereocenters. The van der Waals surface area contributed by atoms with Crippen LogP contribution in [-0.2, 0) is 0 Å². The summed E-state index contributed by atoms with van der Waals surface area (Å²) in [6, 6.07) is 1.28. The largest absolute Gasteiger partial charge is 0.493 e. The summed E-state index contributed by atoms with van der Waals surface area (Å²) in [5.41, 5.74) is -3.16. The second-order valence-corrected chi connectivity index (χ2v) is 8.52. The number of ether oxygens (including phenoxy) is 1. The van der Waals surface area contributed by atoms with Gasteiger partial charge in [0, 0.05) is 28.9 Å². The number of nitrogens with zero attached hydrogens (tertiary/aromatic N) is 2. The third-order valence-electron chi connectivity index (χ3n) is 5.93. The van der Waals surface area contributed by atoms with E-state index in [0.717, 1.165) is 18.2 Å². The number of hydrogen-bond acceptors (Lipinski definition) is 5. The number of methoxy groups -OCH3 is 1. The van der Waals surface area contributed by atoms with Crippen LogP contribution in [0, 0.1) is 18.6 Å². The molecule has 0 aliphatic heterocycles. The van der Waals surface area contributed by atoms with Crippen LogP contribution in [0.1, 0.15) is 42.3 Å². The van der Waals surface area contributed by atoms with Crippen molar-refractivity contribution in [3.8, 4) is 5.75 Å². The van der Waals surface area contributed by atoms with E-state index in [1.54, 1.807) is 6.92 Å². The van der Waals surface area contributed by atoms with Gasteiger partial charge in [-0.2, -0.15) is 13.2 Å². The van der Waals surface area contributed by atoms with Gasteiger partial charge >= 0.3 is 6.18 Å². The van der Waals surface area contributed by atoms with Crippen LogP contribution in [0.4, 0.5) is 27.6 Å². The average molecular weight is 488 g/mol. The highest BCUT2D eigenvalue weighted by Gasteiger charge is 2.62. The molecule has 2 N–H and O–H groups in total. The molecule has 0 saturated heterocycles. The van der Waals surface area contributed by atoms with Crippen LogP contribution in [0.2, 0.25) is 5.02 Å². The summed E-state index contributed by atoms with van der Waals surface area (Å²) in [6.45, 7) is 3.01. The molecule has 0 saturated carbocycles. The van der Waals surface area contributed by atoms with Crippen LogP contribution >= 0.6 is 11.6 Å². The molecule has 4 rings (SSSR count). The third-order valence-corrected chi connectivity index (χ3v) is 6.20. The number of rotatable bonds is 3. The predicted molar refractivity (Wildman–Crippen MR) is 113 cm³/mol. The van der Waals surface area contributed by atoms with E-state index in [9.17, 15) is 27.1 Å². The molecule has 1 heterocycles. The number of aliphatic hydroxyl groups is 1. The monoisotopic (exact) mass is 487 g/mol. The van der Waals surface area contributed by atoms with E-state index in [2.05, 4.69) is 15.3 Å². The van der Waals surface area contributed by atoms with Crippen LogP contribution in [0.15, 0.2) is 24.4 Å². The quantitative estimate of drug-likeness (QED) is 0.455. The van der Waals surface area contributed by atoms with Gasteiger partial charge in [0.15, 0.2) is 17.2 Å². The van der Waals surface area contributed by atoms with E-state index in [1.165, 1.54) is 20.2 Å². The standard InChI is InChI=1S/C22H19ClF5N3O2/c1-9-7-21(32,22(26,27)28)20(12-6-14(23)18(25)19(33-3)17(9)12)31-16-5-11(24)4-15-13(16)8-29-10(2)30-15/h4-6,8-9,20,31-32H,7H2,1-3H3/t9-,20?,21-/m1/s1. The molecule has 1 aliphatic rings. The molecule has 1 aliphatic carbocycles. The highest BCUT2D eigenvalue weighted by molar-refractivity contribution is 6.31. The van der Waals surface area contributed by atoms with Crippen molar-refractivity contribution in [1.82, 2.24) is 9.97 Å². The zero-order valence-corrected chi connectivity index (χ0v) is 18.4. The van der Waals surface area contributed by atoms with Gasteiger partial charge in [-0.05, 0) is 37.0 Å². The summed E-state index contributed by atoms with van der Waals surface area (Å²) in [4.78, 5) is 8.15. The maximum atomic E-state index is 14.6. The molecular formula is C22H19ClF5N3O2. The third kappa shape index (κ3) is 3.74. The first-order valence-corrected chi connectivity index (χ1v) is 10.3. The first-order chi connectivity index (χ1) is 15.4. The first kappa shape index (κ1) is 23.4. The van der Waals surface area contributed by atoms with Gasteiger partial charge in [0.05, 0.1) is 23.7 Å². The van der Waals surface area contributed by atoms with E-state index in [0.29, 0.717) is 5.82 Å². The van der Waals surface area contributed by atoms with E-state index >= 15 is 0 Å². The molecule has 1 aromatic heterocycles. The van der Waals surface area contributed by atoms with Crippen LogP contribution in [0.3, 0.4) is 0 Å². The van der Waals surface area contributed by atoms with Gasteiger partial charge in [0.25, 0.3) is 0 Å². The highest BCUT2D eigenvalue weighted by Crippen LogP contribution is 2.55. The van der Waals surface area contributed by atoms with Crippen molar-refractivity contribution in [2.24, 2.45) is 0 Å². The minimum Gasteiger partial charge on any atom is -0.493 e. The predicted octanol–water partition coefficient (Wildman–Crippen LogP) is 5.83. The lowest BCUT2D eigenvalue weighted by Gasteiger charge is -2.45. The zero-order valence-electron chi connectivity index (χ0n) is 17.7. The smallest absolute Gasteiger partial charge is 0.419 e. The Bertz CT molecular complexity index is 1250. The van der Waals surface area contributed by atoms with Crippen molar-refractivity contribution in [3.05, 3.63) is 58.0 Å². The maximum Gasteiger partial charge on any atom is 0.419 e. The highest BCUT2D eigenvalue weighted by atomic mass is 35.5. The number of nitrogens with one attached hydrogen (secondary N) is 1. The van der Waals surface area contributed by atoms with Gasteiger partial charge in [0.1, 0.15) is 11.6 Å². The van der Waals surface area contributed by atoms with Gasteiger partial charge in [-0.25, -0.2) is 18.7 Å². The van der Waals surface area contributed by atoms with E-state index in [-0.39, 0.29) is 33.5 Å². The van der Waals surface area contributed by atoms with Crippen LogP contribution in [-0.4, -0.2) is 34.0 Å². The van der Waals surface area contributed by atoms with Crippen LogP contribution in [0.5, 0.6) is 5.75 Å². The molecule has 0 amide bonds. The summed E-state index contributed by atoms with van der Waals surface area (Å²) in [5, 5.41) is 13.4. The topological polar surface area (TPSA) is 67.3 Å². The van der Waals surface area contributed by atoms with E-state index in [1.807, 2.05) is 0 Å². The summed E-state index contributed by atoms with van der Waals surface area (Å²) < 4.78 is 76.7. The van der Waals surface area contributed by atoms with Crippen molar-refractivity contribution in [2.75, 3.05) is 12.4 Å². The lowest BCUT2D eigenvalue weighted by Crippen LogP contribution is -2.55. The molecule has 11 heteroatoms. The fourth-order valence-electron chi connectivity index (χ4n) is 4.47. The first-order valence-electron chi connectivity index (χ1n) is 9.91. The van der Waals surface area contributed by atoms with E-state index < -0.39 is 46.8 Å². The number of fused-ring (bicyclic) bond motifs is 2. The number of hydrogen-bond donors (Lipinski definition) is 2. The molecule has 5 nitrogen and oxygen atoms in total. The Morgan fingerprint density at radius 2 is 1.94 bits per heavy atom. The molecule has 176 valence electrons. The molecule has 0 fully saturated rings. The van der Waals surface area contributed by atoms with Gasteiger partial charge in [-0.3, -0.25) is 0 Å². The lowest BCUT2D eigenvalue weighted by molar-refractivity contribution is -0.272. The molecule has 2 aromatic carbocycles. The number of aromatic nitrogens is 2. The molecule has 0 bridgehead atoms. The lowest BCUT2D eigenvalue weighted by atomic mass is 9.70. The minimum absolute atomic E-state index is 0.0717. The van der Waals surface area contributed by atoms with Gasteiger partial charge < -0.3 is 15.2 Å². The second-order valence-electron chi connectivity index (χ2n) is 8.12. The Labute approximate surface area is 190 Å². The summed E-state index contributed by atoms with van der Waals surface area (Å²) >= 11 is 5.96. The minimum atomic E-state index is -5.08.